The highest BCUT2D eigenvalue weighted by Gasteiger charge is 2.28. The van der Waals surface area contributed by atoms with Gasteiger partial charge in [-0.25, -0.2) is 4.39 Å². The Morgan fingerprint density at radius 1 is 1.14 bits per heavy atom. The summed E-state index contributed by atoms with van der Waals surface area (Å²) in [5.41, 5.74) is 6.93. The largest absolute Gasteiger partial charge is 0.489 e. The second kappa shape index (κ2) is 9.60. The van der Waals surface area contributed by atoms with E-state index in [0.29, 0.717) is 11.3 Å². The number of nitrogens with one attached hydrogen (secondary N) is 1. The molecule has 0 radical (unpaired) electrons. The van der Waals surface area contributed by atoms with Gasteiger partial charge in [-0.05, 0) is 36.6 Å². The first kappa shape index (κ1) is 21.8. The minimum Gasteiger partial charge on any atom is -0.489 e. The van der Waals surface area contributed by atoms with Crippen LogP contribution in [0, 0.1) is 5.82 Å². The first-order chi connectivity index (χ1) is 13.1. The number of primary amides is 1. The summed E-state index contributed by atoms with van der Waals surface area (Å²) in [4.78, 5) is 11.2. The highest BCUT2D eigenvalue weighted by molar-refractivity contribution is 7.79. The number of carbonyl (C=O) groups excluding carboxylic acids is 1. The van der Waals surface area contributed by atoms with Crippen molar-refractivity contribution in [2.75, 3.05) is 0 Å². The normalized spacial score (nSPS) is 18.8. The van der Waals surface area contributed by atoms with Crippen molar-refractivity contribution in [2.24, 2.45) is 5.73 Å². The molecule has 0 saturated carbocycles. The van der Waals surface area contributed by atoms with Crippen LogP contribution in [-0.4, -0.2) is 29.5 Å². The fourth-order valence-corrected chi connectivity index (χ4v) is 2.80. The lowest BCUT2D eigenvalue weighted by molar-refractivity contribution is -0.119. The average molecular weight is 412 g/mol. The number of ether oxygens (including phenoxy) is 1. The van der Waals surface area contributed by atoms with Gasteiger partial charge in [-0.3, -0.25) is 19.2 Å². The topological polar surface area (TPSA) is 139 Å². The molecule has 152 valence electrons. The highest BCUT2D eigenvalue weighted by Crippen LogP contribution is 2.28. The van der Waals surface area contributed by atoms with E-state index < -0.39 is 10.4 Å². The van der Waals surface area contributed by atoms with E-state index in [9.17, 15) is 9.18 Å². The quantitative estimate of drug-likeness (QED) is 0.551. The predicted octanol–water partition coefficient (Wildman–Crippen LogP) is 2.03. The number of carbonyl (C=O) groups is 1. The molecule has 0 unspecified atom stereocenters. The minimum absolute atomic E-state index is 0.133. The van der Waals surface area contributed by atoms with Crippen molar-refractivity contribution in [3.63, 3.8) is 0 Å². The molecule has 1 heterocycles. The molecule has 2 atom stereocenters. The summed E-state index contributed by atoms with van der Waals surface area (Å²) < 4.78 is 50.7. The summed E-state index contributed by atoms with van der Waals surface area (Å²) in [5.74, 6) is 0.107. The van der Waals surface area contributed by atoms with Crippen molar-refractivity contribution in [1.29, 1.82) is 0 Å². The second-order valence-corrected chi connectivity index (χ2v) is 7.04. The highest BCUT2D eigenvalue weighted by atomic mass is 32.3. The van der Waals surface area contributed by atoms with Gasteiger partial charge in [-0.2, -0.15) is 8.42 Å². The summed E-state index contributed by atoms with van der Waals surface area (Å²) in [6.07, 6.45) is 1.63. The molecule has 0 spiro atoms. The summed E-state index contributed by atoms with van der Waals surface area (Å²) in [5, 5.41) is 3.23. The molecule has 1 fully saturated rings. The lowest BCUT2D eigenvalue weighted by atomic mass is 10.1. The fourth-order valence-electron chi connectivity index (χ4n) is 2.80. The van der Waals surface area contributed by atoms with Gasteiger partial charge in [0.25, 0.3) is 0 Å². The number of hydrogen-bond donors (Lipinski definition) is 4. The van der Waals surface area contributed by atoms with Crippen molar-refractivity contribution in [3.8, 4) is 5.75 Å². The number of halogens is 1. The van der Waals surface area contributed by atoms with Crippen LogP contribution < -0.4 is 15.8 Å². The summed E-state index contributed by atoms with van der Waals surface area (Å²) in [6, 6.07) is 14.1. The number of hydrogen-bond acceptors (Lipinski definition) is 5. The zero-order chi connectivity index (χ0) is 20.7. The van der Waals surface area contributed by atoms with Gasteiger partial charge in [0.15, 0.2) is 0 Å². The van der Waals surface area contributed by atoms with E-state index in [1.807, 2.05) is 24.3 Å². The van der Waals surface area contributed by atoms with Crippen LogP contribution in [0.15, 0.2) is 48.5 Å². The van der Waals surface area contributed by atoms with E-state index in [-0.39, 0.29) is 30.4 Å². The Bertz CT molecular complexity index is 897. The van der Waals surface area contributed by atoms with E-state index in [4.69, 9.17) is 28.0 Å². The molecule has 0 bridgehead atoms. The third-order valence-corrected chi connectivity index (χ3v) is 4.12. The van der Waals surface area contributed by atoms with Gasteiger partial charge in [0, 0.05) is 11.6 Å². The van der Waals surface area contributed by atoms with Crippen molar-refractivity contribution in [1.82, 2.24) is 5.32 Å². The lowest BCUT2D eigenvalue weighted by Gasteiger charge is -2.13. The van der Waals surface area contributed by atoms with E-state index in [2.05, 4.69) is 5.32 Å². The van der Waals surface area contributed by atoms with Crippen LogP contribution in [0.1, 0.15) is 30.0 Å². The van der Waals surface area contributed by atoms with Crippen LogP contribution in [-0.2, 0) is 21.8 Å². The Morgan fingerprint density at radius 3 is 2.29 bits per heavy atom. The van der Waals surface area contributed by atoms with E-state index >= 15 is 0 Å². The zero-order valence-electron chi connectivity index (χ0n) is 14.8. The van der Waals surface area contributed by atoms with E-state index in [1.165, 1.54) is 6.07 Å². The maximum atomic E-state index is 13.5. The van der Waals surface area contributed by atoms with Crippen molar-refractivity contribution < 1.29 is 31.4 Å². The van der Waals surface area contributed by atoms with Crippen LogP contribution >= 0.6 is 0 Å². The molecule has 1 saturated heterocycles. The Kier molecular flexibility index (Phi) is 7.46. The Balaban J connectivity index is 0.000000500. The molecular weight excluding hydrogens is 391 g/mol. The third-order valence-electron chi connectivity index (χ3n) is 4.12. The molecule has 0 aliphatic carbocycles. The maximum Gasteiger partial charge on any atom is 0.394 e. The second-order valence-electron chi connectivity index (χ2n) is 6.15. The first-order valence-corrected chi connectivity index (χ1v) is 9.74. The molecule has 1 aliphatic rings. The smallest absolute Gasteiger partial charge is 0.394 e. The van der Waals surface area contributed by atoms with Crippen LogP contribution in [0.2, 0.25) is 0 Å². The van der Waals surface area contributed by atoms with Crippen LogP contribution in [0.3, 0.4) is 0 Å². The summed E-state index contributed by atoms with van der Waals surface area (Å²) in [6.45, 7) is 0.192. The molecule has 1 aliphatic heterocycles. The molecule has 2 aromatic rings. The number of rotatable bonds is 5. The van der Waals surface area contributed by atoms with Gasteiger partial charge in [0.05, 0.1) is 6.04 Å². The monoisotopic (exact) mass is 412 g/mol. The zero-order valence-corrected chi connectivity index (χ0v) is 15.6. The fraction of sp³-hybridized carbons (Fsp3) is 0.278. The SMILES string of the molecule is NC(=O)[C@@H]1CC[C@H](c2ccc(OCc3ccccc3F)cc2)N1.O=S(=O)(O)O. The van der Waals surface area contributed by atoms with Gasteiger partial charge in [0.2, 0.25) is 5.91 Å². The Morgan fingerprint density at radius 2 is 1.75 bits per heavy atom. The predicted molar refractivity (Wildman–Crippen MR) is 99.4 cm³/mol. The van der Waals surface area contributed by atoms with Gasteiger partial charge in [0.1, 0.15) is 18.2 Å². The standard InChI is InChI=1S/C18H19FN2O2.H2O4S/c19-15-4-2-1-3-13(15)11-23-14-7-5-12(6-8-14)16-9-10-17(21-16)18(20)22;1-5(2,3)4/h1-8,16-17,21H,9-11H2,(H2,20,22);(H2,1,2,3,4)/t16-,17+;/m1./s1. The van der Waals surface area contributed by atoms with E-state index in [1.54, 1.807) is 18.2 Å². The molecular formula is C18H21FN2O6S. The molecule has 28 heavy (non-hydrogen) atoms. The first-order valence-electron chi connectivity index (χ1n) is 8.35. The molecule has 8 nitrogen and oxygen atoms in total. The number of benzene rings is 2. The van der Waals surface area contributed by atoms with Gasteiger partial charge in [-0.15, -0.1) is 0 Å². The minimum atomic E-state index is -4.67. The Hall–Kier alpha value is -2.53. The number of nitrogens with two attached hydrogens (primary N) is 1. The van der Waals surface area contributed by atoms with Crippen LogP contribution in [0.25, 0.3) is 0 Å². The molecule has 3 rings (SSSR count). The van der Waals surface area contributed by atoms with Crippen molar-refractivity contribution in [3.05, 3.63) is 65.5 Å². The average Bonchev–Trinajstić information content (AvgIpc) is 3.10. The van der Waals surface area contributed by atoms with Crippen LogP contribution in [0.4, 0.5) is 4.39 Å². The van der Waals surface area contributed by atoms with Gasteiger partial charge in [-0.1, -0.05) is 30.3 Å². The van der Waals surface area contributed by atoms with Gasteiger partial charge >= 0.3 is 10.4 Å². The molecule has 1 amide bonds. The molecule has 0 aromatic heterocycles. The molecule has 2 aromatic carbocycles. The Labute approximate surface area is 162 Å². The summed E-state index contributed by atoms with van der Waals surface area (Å²) >= 11 is 0. The van der Waals surface area contributed by atoms with Crippen molar-refractivity contribution >= 4 is 16.3 Å². The third kappa shape index (κ3) is 7.24. The summed E-state index contributed by atoms with van der Waals surface area (Å²) in [7, 11) is -4.67. The number of amides is 1. The van der Waals surface area contributed by atoms with Gasteiger partial charge < -0.3 is 10.5 Å². The van der Waals surface area contributed by atoms with E-state index in [0.717, 1.165) is 18.4 Å². The van der Waals surface area contributed by atoms with Crippen LogP contribution in [0.5, 0.6) is 5.75 Å². The van der Waals surface area contributed by atoms with Crippen molar-refractivity contribution in [2.45, 2.75) is 31.5 Å². The molecule has 5 N–H and O–H groups in total. The lowest BCUT2D eigenvalue weighted by Crippen LogP contribution is -2.37. The molecule has 10 heteroatoms. The maximum absolute atomic E-state index is 13.5.